The fraction of sp³-hybridized carbons (Fsp3) is 0.750. The van der Waals surface area contributed by atoms with Gasteiger partial charge in [0.2, 0.25) is 0 Å². The molecule has 0 spiro atoms. The van der Waals surface area contributed by atoms with Crippen LogP contribution in [-0.2, 0) is 0 Å². The van der Waals surface area contributed by atoms with Crippen molar-refractivity contribution in [3.63, 3.8) is 0 Å². The van der Waals surface area contributed by atoms with Crippen molar-refractivity contribution in [2.24, 2.45) is 16.5 Å². The van der Waals surface area contributed by atoms with Gasteiger partial charge in [0.05, 0.1) is 6.54 Å². The molecule has 1 saturated carbocycles. The van der Waals surface area contributed by atoms with Crippen LogP contribution in [0.3, 0.4) is 0 Å². The quantitative estimate of drug-likeness (QED) is 0.339. The first-order chi connectivity index (χ1) is 6.59. The molecular formula is C8H18N6. The lowest BCUT2D eigenvalue weighted by molar-refractivity contribution is 0.334. The molecule has 0 unspecified atom stereocenters. The predicted molar refractivity (Wildman–Crippen MR) is 57.2 cm³/mol. The molecule has 0 heterocycles. The van der Waals surface area contributed by atoms with Crippen LogP contribution >= 0.6 is 0 Å². The van der Waals surface area contributed by atoms with Crippen molar-refractivity contribution < 1.29 is 0 Å². The van der Waals surface area contributed by atoms with Crippen molar-refractivity contribution in [1.29, 1.82) is 5.41 Å². The highest BCUT2D eigenvalue weighted by atomic mass is 15.2. The summed E-state index contributed by atoms with van der Waals surface area (Å²) < 4.78 is 0. The number of aliphatic imine (C=N–C) groups is 1. The summed E-state index contributed by atoms with van der Waals surface area (Å²) in [5.74, 6) is 0.0310. The van der Waals surface area contributed by atoms with Gasteiger partial charge in [-0.2, -0.15) is 0 Å². The van der Waals surface area contributed by atoms with Crippen molar-refractivity contribution in [3.8, 4) is 0 Å². The summed E-state index contributed by atoms with van der Waals surface area (Å²) in [6.45, 7) is 1.53. The normalized spacial score (nSPS) is 17.1. The Labute approximate surface area is 83.9 Å². The minimum Gasteiger partial charge on any atom is -0.370 e. The largest absolute Gasteiger partial charge is 0.370 e. The number of nitrogens with one attached hydrogen (secondary N) is 2. The highest BCUT2D eigenvalue weighted by molar-refractivity contribution is 5.95. The van der Waals surface area contributed by atoms with Crippen LogP contribution in [0.4, 0.5) is 0 Å². The molecule has 0 aliphatic heterocycles. The van der Waals surface area contributed by atoms with Gasteiger partial charge in [-0.05, 0) is 19.9 Å². The summed E-state index contributed by atoms with van der Waals surface area (Å²) in [7, 11) is 2.09. The van der Waals surface area contributed by atoms with Gasteiger partial charge in [0.15, 0.2) is 11.9 Å². The zero-order valence-corrected chi connectivity index (χ0v) is 8.45. The third kappa shape index (κ3) is 4.08. The molecule has 0 atom stereocenters. The fourth-order valence-electron chi connectivity index (χ4n) is 1.20. The van der Waals surface area contributed by atoms with Crippen LogP contribution in [0.5, 0.6) is 0 Å². The molecule has 6 heteroatoms. The van der Waals surface area contributed by atoms with E-state index in [1.54, 1.807) is 0 Å². The fourth-order valence-corrected chi connectivity index (χ4v) is 1.20. The zero-order valence-electron chi connectivity index (χ0n) is 8.45. The average molecular weight is 198 g/mol. The molecule has 0 aromatic heterocycles. The molecule has 0 aromatic carbocycles. The van der Waals surface area contributed by atoms with Gasteiger partial charge in [-0.25, -0.2) is 0 Å². The highest BCUT2D eigenvalue weighted by Gasteiger charge is 2.25. The Morgan fingerprint density at radius 3 is 2.71 bits per heavy atom. The Kier molecular flexibility index (Phi) is 3.70. The Hall–Kier alpha value is -1.30. The number of hydrogen-bond donors (Lipinski definition) is 4. The molecule has 0 aromatic rings. The van der Waals surface area contributed by atoms with E-state index in [1.165, 1.54) is 12.8 Å². The van der Waals surface area contributed by atoms with E-state index in [2.05, 4.69) is 22.3 Å². The van der Waals surface area contributed by atoms with Crippen LogP contribution in [0, 0.1) is 5.41 Å². The second-order valence-electron chi connectivity index (χ2n) is 3.52. The average Bonchev–Trinajstić information content (AvgIpc) is 2.84. The number of likely N-dealkylation sites (N-methyl/N-ethyl adjacent to an activating group) is 1. The number of guanidine groups is 2. The van der Waals surface area contributed by atoms with E-state index in [9.17, 15) is 0 Å². The molecule has 1 aliphatic rings. The van der Waals surface area contributed by atoms with E-state index in [0.717, 1.165) is 12.6 Å². The van der Waals surface area contributed by atoms with Gasteiger partial charge in [0.25, 0.3) is 0 Å². The maximum absolute atomic E-state index is 6.92. The van der Waals surface area contributed by atoms with Crippen molar-refractivity contribution in [2.45, 2.75) is 18.9 Å². The lowest BCUT2D eigenvalue weighted by Crippen LogP contribution is -2.41. The van der Waals surface area contributed by atoms with Crippen LogP contribution in [0.15, 0.2) is 4.99 Å². The van der Waals surface area contributed by atoms with Crippen LogP contribution in [0.2, 0.25) is 0 Å². The summed E-state index contributed by atoms with van der Waals surface area (Å²) in [4.78, 5) is 6.30. The van der Waals surface area contributed by atoms with Crippen LogP contribution in [-0.4, -0.2) is 43.0 Å². The van der Waals surface area contributed by atoms with Gasteiger partial charge in [-0.3, -0.25) is 15.7 Å². The topological polar surface area (TPSA) is 104 Å². The SMILES string of the molecule is CN(CCN=C(N)NC(=N)N)C1CC1. The second-order valence-corrected chi connectivity index (χ2v) is 3.52. The number of nitrogens with zero attached hydrogens (tertiary/aromatic N) is 2. The van der Waals surface area contributed by atoms with Crippen LogP contribution in [0.25, 0.3) is 0 Å². The van der Waals surface area contributed by atoms with Crippen molar-refractivity contribution >= 4 is 11.9 Å². The van der Waals surface area contributed by atoms with Gasteiger partial charge in [0, 0.05) is 12.6 Å². The molecule has 0 radical (unpaired) electrons. The molecule has 1 rings (SSSR count). The van der Waals surface area contributed by atoms with E-state index < -0.39 is 0 Å². The first-order valence-electron chi connectivity index (χ1n) is 4.71. The second kappa shape index (κ2) is 4.80. The van der Waals surface area contributed by atoms with Crippen molar-refractivity contribution in [3.05, 3.63) is 0 Å². The zero-order chi connectivity index (χ0) is 10.6. The van der Waals surface area contributed by atoms with Crippen LogP contribution < -0.4 is 16.8 Å². The minimum absolute atomic E-state index is 0.179. The Morgan fingerprint density at radius 1 is 1.57 bits per heavy atom. The van der Waals surface area contributed by atoms with Crippen LogP contribution in [0.1, 0.15) is 12.8 Å². The monoisotopic (exact) mass is 198 g/mol. The molecule has 0 saturated heterocycles. The van der Waals surface area contributed by atoms with E-state index >= 15 is 0 Å². The lowest BCUT2D eigenvalue weighted by Gasteiger charge is -2.13. The van der Waals surface area contributed by atoms with E-state index in [-0.39, 0.29) is 11.9 Å². The standard InChI is InChI=1S/C8H18N6/c1-14(6-2-3-6)5-4-12-8(11)13-7(9)10/h6H,2-5H2,1H3,(H6,9,10,11,12,13). The summed E-state index contributed by atoms with van der Waals surface area (Å²) >= 11 is 0. The molecule has 1 fully saturated rings. The molecule has 0 amide bonds. The third-order valence-corrected chi connectivity index (χ3v) is 2.17. The van der Waals surface area contributed by atoms with Crippen molar-refractivity contribution in [1.82, 2.24) is 10.2 Å². The first kappa shape index (κ1) is 10.8. The summed E-state index contributed by atoms with van der Waals surface area (Å²) in [6.07, 6.45) is 2.59. The minimum atomic E-state index is -0.179. The first-order valence-corrected chi connectivity index (χ1v) is 4.71. The Bertz CT molecular complexity index is 232. The van der Waals surface area contributed by atoms with Gasteiger partial charge in [-0.15, -0.1) is 0 Å². The number of hydrogen-bond acceptors (Lipinski definition) is 3. The number of rotatable bonds is 4. The highest BCUT2D eigenvalue weighted by Crippen LogP contribution is 2.24. The molecule has 6 nitrogen and oxygen atoms in total. The molecule has 14 heavy (non-hydrogen) atoms. The third-order valence-electron chi connectivity index (χ3n) is 2.17. The molecule has 6 N–H and O–H groups in total. The smallest absolute Gasteiger partial charge is 0.195 e. The lowest BCUT2D eigenvalue weighted by atomic mass is 10.5. The molecular weight excluding hydrogens is 180 g/mol. The Morgan fingerprint density at radius 2 is 2.21 bits per heavy atom. The van der Waals surface area contributed by atoms with Gasteiger partial charge in [0.1, 0.15) is 0 Å². The van der Waals surface area contributed by atoms with Gasteiger partial charge >= 0.3 is 0 Å². The summed E-state index contributed by atoms with van der Waals surface area (Å²) in [5.41, 5.74) is 10.5. The van der Waals surface area contributed by atoms with Gasteiger partial charge in [-0.1, -0.05) is 0 Å². The maximum Gasteiger partial charge on any atom is 0.195 e. The molecule has 0 bridgehead atoms. The molecule has 1 aliphatic carbocycles. The van der Waals surface area contributed by atoms with Crippen molar-refractivity contribution in [2.75, 3.05) is 20.1 Å². The van der Waals surface area contributed by atoms with E-state index in [0.29, 0.717) is 6.54 Å². The summed E-state index contributed by atoms with van der Waals surface area (Å²) in [5, 5.41) is 9.35. The number of nitrogens with two attached hydrogens (primary N) is 2. The Balaban J connectivity index is 2.14. The maximum atomic E-state index is 6.92. The summed E-state index contributed by atoms with van der Waals surface area (Å²) in [6, 6.07) is 0.743. The van der Waals surface area contributed by atoms with E-state index in [1.807, 2.05) is 0 Å². The predicted octanol–water partition coefficient (Wildman–Crippen LogP) is -1.12. The molecule has 80 valence electrons. The van der Waals surface area contributed by atoms with E-state index in [4.69, 9.17) is 16.9 Å². The van der Waals surface area contributed by atoms with Gasteiger partial charge < -0.3 is 16.4 Å².